The molecule has 0 unspecified atom stereocenters. The number of hydrogen-bond acceptors (Lipinski definition) is 37. The third kappa shape index (κ3) is 31.0. The van der Waals surface area contributed by atoms with Gasteiger partial charge in [-0.3, -0.25) is 33.6 Å². The first-order valence-electron chi connectivity index (χ1n) is 42.9. The number of aromatic nitrogens is 3. The first kappa shape index (κ1) is 119. The molecule has 4 amide bonds. The summed E-state index contributed by atoms with van der Waals surface area (Å²) in [6.07, 6.45) is 4.24. The van der Waals surface area contributed by atoms with Gasteiger partial charge in [-0.15, -0.1) is 0 Å². The minimum Gasteiger partial charge on any atom is -0.503 e. The van der Waals surface area contributed by atoms with E-state index < -0.39 is 134 Å². The predicted molar refractivity (Wildman–Crippen MR) is 482 cm³/mol. The van der Waals surface area contributed by atoms with Gasteiger partial charge in [0.05, 0.1) is 195 Å². The first-order valence-corrected chi connectivity index (χ1v) is 42.9. The minimum absolute atomic E-state index is 0. The molecule has 0 bridgehead atoms. The summed E-state index contributed by atoms with van der Waals surface area (Å²) < 4.78 is 158. The molecule has 780 valence electrons. The summed E-state index contributed by atoms with van der Waals surface area (Å²) in [5.74, 6) is -9.72. The van der Waals surface area contributed by atoms with Crippen molar-refractivity contribution < 1.29 is 165 Å². The van der Waals surface area contributed by atoms with E-state index in [0.29, 0.717) is 98.6 Å². The van der Waals surface area contributed by atoms with Crippen molar-refractivity contribution in [1.82, 2.24) is 34.1 Å². The SMILES string of the molecule is C.CN1C(=O)c2c(O)c(=O)c(C(=O)NCc3c(F)cc(F)cc3F)cn2[C@@H]2COC[C@@H]21.COC(=O)c1cn([C@@H]2COC[C@@H]2NC(=O)OCc2ccccc2)c(C)c(OC)c1=O.COC(=O)c1cn2c(c(OC)c1=O)C(=O)N(C)[C@H]1COC[C@H]12.COC(=O)c1coc(C)c(OC)c1=O.C[C@H]1COC[C@@H]1O.C[C@H]1COC[C@H]1N.C[C@H]1COC[C@H]1N.NCc1c(F)cc(F)cc1F.N[C@H]1COC[C@@H]1O.O=C=O.O=C=O. The topological polar surface area (TPSA) is 609 Å². The second-order valence-electron chi connectivity index (χ2n) is 32.1. The lowest BCUT2D eigenvalue weighted by molar-refractivity contribution is -0.193. The lowest BCUT2D eigenvalue weighted by Gasteiger charge is -2.37. The number of benzene rings is 3. The average Bonchev–Trinajstić information content (AvgIpc) is 1.27. The van der Waals surface area contributed by atoms with Gasteiger partial charge in [-0.05, 0) is 31.2 Å². The maximum absolute atomic E-state index is 13.8. The average molecular weight is 2020 g/mol. The van der Waals surface area contributed by atoms with Crippen LogP contribution < -0.4 is 69.5 Å². The zero-order valence-corrected chi connectivity index (χ0v) is 79.0. The molecule has 7 fully saturated rings. The molecule has 142 heavy (non-hydrogen) atoms. The molecule has 9 aliphatic rings. The molecule has 0 saturated carbocycles. The molecule has 9 aliphatic heterocycles. The van der Waals surface area contributed by atoms with Gasteiger partial charge >= 0.3 is 36.3 Å². The zero-order chi connectivity index (χ0) is 105. The number of likely N-dealkylation sites (N-methyl/N-ethyl adjacent to an activating group) is 2. The number of amides is 4. The van der Waals surface area contributed by atoms with E-state index in [1.54, 1.807) is 34.9 Å². The van der Waals surface area contributed by atoms with E-state index in [1.165, 1.54) is 71.6 Å². The highest BCUT2D eigenvalue weighted by atomic mass is 19.2. The van der Waals surface area contributed by atoms with Crippen molar-refractivity contribution in [3.63, 3.8) is 0 Å². The Labute approximate surface area is 808 Å². The number of ether oxygens (including phenoxy) is 14. The van der Waals surface area contributed by atoms with Crippen molar-refractivity contribution in [2.45, 2.75) is 128 Å². The van der Waals surface area contributed by atoms with E-state index in [1.807, 2.05) is 37.3 Å². The van der Waals surface area contributed by atoms with Crippen LogP contribution >= 0.6 is 0 Å². The Bertz CT molecular complexity index is 5620. The predicted octanol–water partition coefficient (Wildman–Crippen LogP) is 2.87. The smallest absolute Gasteiger partial charge is 0.407 e. The van der Waals surface area contributed by atoms with E-state index in [-0.39, 0.29) is 152 Å². The van der Waals surface area contributed by atoms with Gasteiger partial charge in [0.2, 0.25) is 27.5 Å². The number of methoxy groups -OCH3 is 6. The number of hydrogen-bond donors (Lipinski definition) is 9. The molecule has 44 nitrogen and oxygen atoms in total. The monoisotopic (exact) mass is 2020 g/mol. The number of halogens is 6. The summed E-state index contributed by atoms with van der Waals surface area (Å²) in [7, 11) is 10.8. The van der Waals surface area contributed by atoms with Crippen molar-refractivity contribution in [3.8, 4) is 23.0 Å². The lowest BCUT2D eigenvalue weighted by Crippen LogP contribution is -2.49. The highest BCUT2D eigenvalue weighted by Gasteiger charge is 2.46. The number of carbonyl (C=O) groups is 7. The molecule has 0 radical (unpaired) electrons. The number of nitrogens with two attached hydrogens (primary N) is 4. The molecule has 7 saturated heterocycles. The van der Waals surface area contributed by atoms with Crippen molar-refractivity contribution in [2.24, 2.45) is 40.7 Å². The highest BCUT2D eigenvalue weighted by Crippen LogP contribution is 2.37. The Morgan fingerprint density at radius 3 is 1.28 bits per heavy atom. The van der Waals surface area contributed by atoms with Crippen LogP contribution in [-0.2, 0) is 91.0 Å². The molecule has 50 heteroatoms. The van der Waals surface area contributed by atoms with Gasteiger partial charge in [0, 0.05) is 99.2 Å². The Morgan fingerprint density at radius 2 is 0.873 bits per heavy atom. The van der Waals surface area contributed by atoms with E-state index in [2.05, 4.69) is 34.0 Å². The molecule has 0 aliphatic carbocycles. The number of aryl methyl sites for hydroxylation is 1. The number of alkyl carbamates (subject to hydrolysis) is 1. The third-order valence-electron chi connectivity index (χ3n) is 22.9. The third-order valence-corrected chi connectivity index (χ3v) is 22.9. The number of pyridine rings is 3. The summed E-state index contributed by atoms with van der Waals surface area (Å²) in [5.41, 5.74) is 18.0. The summed E-state index contributed by atoms with van der Waals surface area (Å²) in [6.45, 7) is 15.8. The van der Waals surface area contributed by atoms with E-state index >= 15 is 0 Å². The molecule has 0 spiro atoms. The van der Waals surface area contributed by atoms with Crippen LogP contribution in [0.1, 0.15) is 137 Å². The fourth-order valence-corrected chi connectivity index (χ4v) is 14.5. The summed E-state index contributed by atoms with van der Waals surface area (Å²) in [5, 5.41) is 32.9. The number of nitrogens with zero attached hydrogens (tertiary/aromatic N) is 5. The molecule has 16 rings (SSSR count). The lowest BCUT2D eigenvalue weighted by atomic mass is 10.0. The van der Waals surface area contributed by atoms with Crippen LogP contribution in [-0.4, -0.2) is 291 Å². The van der Waals surface area contributed by atoms with Crippen LogP contribution in [0.15, 0.2) is 103 Å². The standard InChI is InChI=1S/C21H24N2O7.C19H16F3N3O5.C14H16N2O6.C9H10O5.C7H6F3N.2C5H11NO.C5H10O2.C4H9NO2.2CO2.CH4/c1-13-19(27-2)18(24)15(20(25)28-3)9-23(13)17-12-29-11-16(17)22-21(26)30-10-14-7-5-4-6-8-14;1-24-13-6-30-7-14(13)25-5-10(16(26)17(27)15(25)19(24)29)18(28)23-4-9-11(21)2-8(20)3-12(9)22;1-15-8-5-22-6-9(8)16-4-7(14(19)21-3)11(17)12(20-2)10(16)13(15)18;1-5-8(12-2)7(10)6(4-14-5)9(11)13-3;8-4-1-6(9)5(3-11)7(10)2-4;3*1-4-2-7-3-5(4)6;5-3-1-7-2-4(3)6;2*2-1-3;/h4-9,16-17H,10-12H2,1-3H3,(H,22,26);2-3,5,13-14,27H,4,6-7H2,1H3,(H,23,28);4,8-9H,5-6H2,1-3H3;4H,1-3H3;1-2H,3,11H2;2*4-5H,2-3,6H2,1H3;4-6H,2-3H2,1H3;3-4,6H,1-2,5H2;;;1H4/t16-,17+;13-,14+;8-,9+;;;2*4-,5+;4-,5-;3-,4-;;;/m000..0000.../s1. The van der Waals surface area contributed by atoms with Crippen molar-refractivity contribution in [3.05, 3.63) is 217 Å². The first-order chi connectivity index (χ1) is 67.0. The van der Waals surface area contributed by atoms with E-state index in [0.717, 1.165) is 51.1 Å². The van der Waals surface area contributed by atoms with Crippen LogP contribution in [0.5, 0.6) is 23.0 Å². The molecular formula is C92H117F6N11O33. The Hall–Kier alpha value is -13.4. The van der Waals surface area contributed by atoms with Crippen molar-refractivity contribution >= 4 is 54.0 Å². The van der Waals surface area contributed by atoms with Crippen LogP contribution in [0, 0.1) is 66.5 Å². The number of nitrogens with one attached hydrogen (secondary N) is 2. The van der Waals surface area contributed by atoms with Crippen molar-refractivity contribution in [1.29, 1.82) is 0 Å². The second-order valence-corrected chi connectivity index (χ2v) is 32.1. The van der Waals surface area contributed by atoms with Crippen LogP contribution in [0.3, 0.4) is 0 Å². The molecule has 3 aromatic carbocycles. The second kappa shape index (κ2) is 57.5. The van der Waals surface area contributed by atoms with Crippen LogP contribution in [0.25, 0.3) is 0 Å². The van der Waals surface area contributed by atoms with Gasteiger partial charge in [0.25, 0.3) is 17.7 Å². The van der Waals surface area contributed by atoms with E-state index in [4.69, 9.17) is 114 Å². The number of fused-ring (bicyclic) bond motifs is 6. The summed E-state index contributed by atoms with van der Waals surface area (Å²) in [4.78, 5) is 169. The summed E-state index contributed by atoms with van der Waals surface area (Å²) in [6, 6.07) is 10.0. The number of esters is 3. The quantitative estimate of drug-likeness (QED) is 0.0429. The number of carbonyl (C=O) groups excluding carboxylic acids is 11. The maximum atomic E-state index is 13.8. The van der Waals surface area contributed by atoms with Gasteiger partial charge in [-0.1, -0.05) is 58.5 Å². The largest absolute Gasteiger partial charge is 0.503 e. The molecule has 14 atom stereocenters. The Morgan fingerprint density at radius 1 is 0.479 bits per heavy atom. The highest BCUT2D eigenvalue weighted by molar-refractivity contribution is 6.00. The Kier molecular flexibility index (Phi) is 48.2. The molecule has 13 heterocycles. The van der Waals surface area contributed by atoms with Gasteiger partial charge in [-0.2, -0.15) is 19.2 Å². The molecule has 7 aromatic rings. The number of aliphatic hydroxyl groups excluding tert-OH is 2. The van der Waals surface area contributed by atoms with Crippen molar-refractivity contribution in [2.75, 3.05) is 149 Å². The maximum Gasteiger partial charge on any atom is 0.407 e. The Balaban J connectivity index is 0.000000294. The van der Waals surface area contributed by atoms with Gasteiger partial charge in [0.1, 0.15) is 75.8 Å². The number of aliphatic hydroxyl groups is 2. The molecule has 4 aromatic heterocycles. The number of rotatable bonds is 14. The van der Waals surface area contributed by atoms with E-state index in [9.17, 15) is 84.2 Å². The van der Waals surface area contributed by atoms with Crippen LogP contribution in [0.2, 0.25) is 0 Å². The molecular weight excluding hydrogens is 1900 g/mol. The number of aromatic hydroxyl groups is 1. The fraction of sp³-hybridized carbons (Fsp3) is 0.489. The van der Waals surface area contributed by atoms with Gasteiger partial charge in [-0.25, -0.2) is 45.5 Å². The molecule has 13 N–H and O–H groups in total. The van der Waals surface area contributed by atoms with Gasteiger partial charge in [0.15, 0.2) is 28.6 Å². The zero-order valence-electron chi connectivity index (χ0n) is 79.0. The van der Waals surface area contributed by atoms with Crippen LogP contribution in [0.4, 0.5) is 31.1 Å². The van der Waals surface area contributed by atoms with Gasteiger partial charge < -0.3 is 143 Å². The normalized spacial score (nSPS) is 21.8. The summed E-state index contributed by atoms with van der Waals surface area (Å²) >= 11 is 0. The minimum atomic E-state index is -1.20. The fourth-order valence-electron chi connectivity index (χ4n) is 14.5.